The van der Waals surface area contributed by atoms with Gasteiger partial charge >= 0.3 is 4.87 Å². The second-order valence-corrected chi connectivity index (χ2v) is 5.05. The number of ketones is 1. The molecule has 1 aromatic heterocycles. The fourth-order valence-electron chi connectivity index (χ4n) is 1.52. The number of amides is 1. The Balaban J connectivity index is 2.63. The Morgan fingerprint density at radius 3 is 2.53 bits per heavy atom. The number of hydrogen-bond acceptors (Lipinski definition) is 4. The van der Waals surface area contributed by atoms with E-state index in [4.69, 9.17) is 0 Å². The molecule has 0 radical (unpaired) electrons. The molecule has 5 nitrogen and oxygen atoms in total. The number of thiazole rings is 1. The van der Waals surface area contributed by atoms with Crippen molar-refractivity contribution in [3.05, 3.63) is 21.2 Å². The van der Waals surface area contributed by atoms with Crippen LogP contribution in [0.4, 0.5) is 0 Å². The molecule has 0 aliphatic rings. The molecule has 6 heteroatoms. The first-order chi connectivity index (χ1) is 7.91. The molecule has 0 saturated heterocycles. The summed E-state index contributed by atoms with van der Waals surface area (Å²) in [5, 5.41) is 4.26. The van der Waals surface area contributed by atoms with Crippen LogP contribution in [0.2, 0.25) is 0 Å². The molecule has 1 N–H and O–H groups in total. The van der Waals surface area contributed by atoms with Crippen LogP contribution in [0.5, 0.6) is 0 Å². The fourth-order valence-corrected chi connectivity index (χ4v) is 2.10. The van der Waals surface area contributed by atoms with Crippen LogP contribution in [0.1, 0.15) is 20.8 Å². The van der Waals surface area contributed by atoms with Gasteiger partial charge in [-0.1, -0.05) is 25.2 Å². The molecule has 0 spiro atoms. The fraction of sp³-hybridized carbons (Fsp3) is 0.545. The molecule has 0 aliphatic heterocycles. The Hall–Kier alpha value is -1.43. The van der Waals surface area contributed by atoms with Crippen molar-refractivity contribution in [1.29, 1.82) is 0 Å². The van der Waals surface area contributed by atoms with Crippen molar-refractivity contribution in [2.24, 2.45) is 5.92 Å². The summed E-state index contributed by atoms with van der Waals surface area (Å²) in [7, 11) is 0. The first-order valence-electron chi connectivity index (χ1n) is 5.35. The van der Waals surface area contributed by atoms with E-state index in [2.05, 4.69) is 5.32 Å². The summed E-state index contributed by atoms with van der Waals surface area (Å²) in [5.41, 5.74) is 0. The maximum Gasteiger partial charge on any atom is 0.307 e. The molecule has 17 heavy (non-hydrogen) atoms. The molecule has 94 valence electrons. The van der Waals surface area contributed by atoms with Crippen LogP contribution in [-0.2, 0) is 16.1 Å². The Morgan fingerprint density at radius 1 is 1.47 bits per heavy atom. The zero-order valence-electron chi connectivity index (χ0n) is 10.1. The molecular weight excluding hydrogens is 240 g/mol. The monoisotopic (exact) mass is 256 g/mol. The molecule has 0 aliphatic carbocycles. The zero-order chi connectivity index (χ0) is 13.0. The minimum Gasteiger partial charge on any atom is -0.344 e. The van der Waals surface area contributed by atoms with Gasteiger partial charge in [0.15, 0.2) is 5.78 Å². The number of nitrogens with zero attached hydrogens (tertiary/aromatic N) is 1. The number of rotatable bonds is 5. The summed E-state index contributed by atoms with van der Waals surface area (Å²) in [6.07, 6.45) is 1.56. The average Bonchev–Trinajstić information content (AvgIpc) is 2.60. The van der Waals surface area contributed by atoms with Gasteiger partial charge in [0.05, 0.1) is 6.04 Å². The van der Waals surface area contributed by atoms with Crippen LogP contribution < -0.4 is 10.2 Å². The highest BCUT2D eigenvalue weighted by atomic mass is 32.1. The predicted molar refractivity (Wildman–Crippen MR) is 66.0 cm³/mol. The van der Waals surface area contributed by atoms with Crippen molar-refractivity contribution < 1.29 is 9.59 Å². The standard InChI is InChI=1S/C11H16N2O3S/c1-7(2)10(8(3)14)12-9(15)6-13-4-5-17-11(13)16/h4-5,7,10H,6H2,1-3H3,(H,12,15). The van der Waals surface area contributed by atoms with Crippen LogP contribution in [0.25, 0.3) is 0 Å². The average molecular weight is 256 g/mol. The Morgan fingerprint density at radius 2 is 2.12 bits per heavy atom. The Labute approximate surface area is 103 Å². The van der Waals surface area contributed by atoms with Gasteiger partial charge in [0, 0.05) is 11.6 Å². The van der Waals surface area contributed by atoms with E-state index in [1.54, 1.807) is 11.6 Å². The Bertz CT molecular complexity index is 461. The smallest absolute Gasteiger partial charge is 0.307 e. The maximum atomic E-state index is 11.7. The lowest BCUT2D eigenvalue weighted by Gasteiger charge is -2.19. The zero-order valence-corrected chi connectivity index (χ0v) is 10.9. The van der Waals surface area contributed by atoms with Gasteiger partial charge in [-0.3, -0.25) is 19.0 Å². The highest BCUT2D eigenvalue weighted by Gasteiger charge is 2.20. The summed E-state index contributed by atoms with van der Waals surface area (Å²) in [4.78, 5) is 34.0. The largest absolute Gasteiger partial charge is 0.344 e. The lowest BCUT2D eigenvalue weighted by atomic mass is 10.0. The second kappa shape index (κ2) is 5.77. The molecule has 0 bridgehead atoms. The second-order valence-electron chi connectivity index (χ2n) is 4.20. The molecule has 0 saturated carbocycles. The van der Waals surface area contributed by atoms with E-state index in [1.807, 2.05) is 13.8 Å². The number of carbonyl (C=O) groups excluding carboxylic acids is 2. The van der Waals surface area contributed by atoms with E-state index in [1.165, 1.54) is 11.5 Å². The number of aromatic nitrogens is 1. The number of carbonyl (C=O) groups is 2. The first kappa shape index (κ1) is 13.6. The molecule has 1 amide bonds. The van der Waals surface area contributed by atoms with Crippen LogP contribution in [0.3, 0.4) is 0 Å². The van der Waals surface area contributed by atoms with E-state index in [0.717, 1.165) is 11.3 Å². The molecule has 1 heterocycles. The Kier molecular flexibility index (Phi) is 4.62. The van der Waals surface area contributed by atoms with Gasteiger partial charge < -0.3 is 5.32 Å². The van der Waals surface area contributed by atoms with Crippen LogP contribution in [-0.4, -0.2) is 22.3 Å². The summed E-state index contributed by atoms with van der Waals surface area (Å²) in [6, 6.07) is -0.489. The third-order valence-corrected chi connectivity index (χ3v) is 3.07. The molecule has 1 aromatic rings. The quantitative estimate of drug-likeness (QED) is 0.840. The van der Waals surface area contributed by atoms with Gasteiger partial charge in [0.1, 0.15) is 6.54 Å². The number of hydrogen-bond donors (Lipinski definition) is 1. The molecule has 0 aromatic carbocycles. The van der Waals surface area contributed by atoms with Gasteiger partial charge in [-0.2, -0.15) is 0 Å². The van der Waals surface area contributed by atoms with Crippen molar-refractivity contribution in [3.8, 4) is 0 Å². The van der Waals surface area contributed by atoms with Crippen LogP contribution >= 0.6 is 11.3 Å². The van der Waals surface area contributed by atoms with Crippen molar-refractivity contribution in [3.63, 3.8) is 0 Å². The topological polar surface area (TPSA) is 68.2 Å². The van der Waals surface area contributed by atoms with Crippen molar-refractivity contribution in [1.82, 2.24) is 9.88 Å². The summed E-state index contributed by atoms with van der Waals surface area (Å²) >= 11 is 1.04. The van der Waals surface area contributed by atoms with E-state index < -0.39 is 6.04 Å². The summed E-state index contributed by atoms with van der Waals surface area (Å²) in [6.45, 7) is 5.13. The van der Waals surface area contributed by atoms with E-state index >= 15 is 0 Å². The lowest BCUT2D eigenvalue weighted by Crippen LogP contribution is -2.45. The van der Waals surface area contributed by atoms with E-state index in [0.29, 0.717) is 0 Å². The molecular formula is C11H16N2O3S. The van der Waals surface area contributed by atoms with Gasteiger partial charge in [-0.25, -0.2) is 0 Å². The van der Waals surface area contributed by atoms with E-state index in [9.17, 15) is 14.4 Å². The van der Waals surface area contributed by atoms with Crippen molar-refractivity contribution in [2.45, 2.75) is 33.4 Å². The molecule has 1 atom stereocenters. The minimum absolute atomic E-state index is 0.0376. The normalized spacial score (nSPS) is 12.5. The third-order valence-electron chi connectivity index (χ3n) is 2.38. The molecule has 1 rings (SSSR count). The van der Waals surface area contributed by atoms with Crippen molar-refractivity contribution in [2.75, 3.05) is 0 Å². The van der Waals surface area contributed by atoms with Gasteiger partial charge in [-0.15, -0.1) is 0 Å². The summed E-state index contributed by atoms with van der Waals surface area (Å²) < 4.78 is 1.32. The van der Waals surface area contributed by atoms with Gasteiger partial charge in [0.2, 0.25) is 5.91 Å². The maximum absolute atomic E-state index is 11.7. The number of Topliss-reactive ketones (excluding diaryl/α,β-unsaturated/α-hetero) is 1. The molecule has 0 fully saturated rings. The van der Waals surface area contributed by atoms with Crippen molar-refractivity contribution >= 4 is 23.0 Å². The highest BCUT2D eigenvalue weighted by Crippen LogP contribution is 2.02. The van der Waals surface area contributed by atoms with Crippen LogP contribution in [0.15, 0.2) is 16.4 Å². The van der Waals surface area contributed by atoms with Gasteiger partial charge in [-0.05, 0) is 12.8 Å². The lowest BCUT2D eigenvalue weighted by molar-refractivity contribution is -0.128. The summed E-state index contributed by atoms with van der Waals surface area (Å²) in [5.74, 6) is -0.360. The minimum atomic E-state index is -0.489. The van der Waals surface area contributed by atoms with Gasteiger partial charge in [0.25, 0.3) is 0 Å². The van der Waals surface area contributed by atoms with E-state index in [-0.39, 0.29) is 29.0 Å². The molecule has 1 unspecified atom stereocenters. The SMILES string of the molecule is CC(=O)C(NC(=O)Cn1ccsc1=O)C(C)C. The number of nitrogens with one attached hydrogen (secondary N) is 1. The third kappa shape index (κ3) is 3.81. The first-order valence-corrected chi connectivity index (χ1v) is 6.23. The van der Waals surface area contributed by atoms with Crippen LogP contribution in [0, 0.1) is 5.92 Å². The predicted octanol–water partition coefficient (Wildman–Crippen LogP) is 0.640. The highest BCUT2D eigenvalue weighted by molar-refractivity contribution is 7.07.